The Labute approximate surface area is 465 Å². The zero-order valence-corrected chi connectivity index (χ0v) is 49.6. The maximum Gasteiger partial charge on any atom is 0.306 e. The van der Waals surface area contributed by atoms with Crippen LogP contribution in [0.5, 0.6) is 0 Å². The number of carbonyl (C=O) groups is 3. The second kappa shape index (κ2) is 63.1. The molecular formula is C69H120O6. The predicted octanol–water partition coefficient (Wildman–Crippen LogP) is 21.9. The molecule has 0 aliphatic rings. The molecule has 0 aliphatic heterocycles. The van der Waals surface area contributed by atoms with E-state index in [9.17, 15) is 14.4 Å². The zero-order chi connectivity index (χ0) is 54.3. The van der Waals surface area contributed by atoms with Crippen LogP contribution in [0.15, 0.2) is 85.1 Å². The van der Waals surface area contributed by atoms with Crippen LogP contribution in [-0.2, 0) is 28.6 Å². The fourth-order valence-electron chi connectivity index (χ4n) is 9.09. The molecule has 432 valence electrons. The molecule has 0 aliphatic carbocycles. The van der Waals surface area contributed by atoms with Crippen molar-refractivity contribution in [3.05, 3.63) is 85.1 Å². The summed E-state index contributed by atoms with van der Waals surface area (Å²) in [6, 6.07) is 0. The van der Waals surface area contributed by atoms with Crippen LogP contribution in [0.1, 0.15) is 316 Å². The smallest absolute Gasteiger partial charge is 0.306 e. The van der Waals surface area contributed by atoms with Crippen molar-refractivity contribution >= 4 is 17.9 Å². The van der Waals surface area contributed by atoms with Gasteiger partial charge in [0.1, 0.15) is 13.2 Å². The highest BCUT2D eigenvalue weighted by Gasteiger charge is 2.19. The molecule has 0 saturated heterocycles. The molecule has 0 fully saturated rings. The number of rotatable bonds is 58. The molecule has 0 bridgehead atoms. The van der Waals surface area contributed by atoms with Gasteiger partial charge in [0.25, 0.3) is 0 Å². The van der Waals surface area contributed by atoms with E-state index in [1.807, 2.05) is 0 Å². The largest absolute Gasteiger partial charge is 0.462 e. The van der Waals surface area contributed by atoms with Crippen LogP contribution in [0.3, 0.4) is 0 Å². The minimum atomic E-state index is -0.779. The van der Waals surface area contributed by atoms with Crippen molar-refractivity contribution in [1.82, 2.24) is 0 Å². The van der Waals surface area contributed by atoms with Gasteiger partial charge in [0.15, 0.2) is 6.10 Å². The highest BCUT2D eigenvalue weighted by Crippen LogP contribution is 2.16. The van der Waals surface area contributed by atoms with Crippen molar-refractivity contribution < 1.29 is 28.6 Å². The molecule has 1 unspecified atom stereocenters. The molecule has 6 heteroatoms. The molecule has 0 rings (SSSR count). The third-order valence-corrected chi connectivity index (χ3v) is 13.9. The summed E-state index contributed by atoms with van der Waals surface area (Å²) in [6.07, 6.45) is 83.1. The summed E-state index contributed by atoms with van der Waals surface area (Å²) in [7, 11) is 0. The number of unbranched alkanes of at least 4 members (excludes halogenated alkanes) is 33. The normalized spacial score (nSPS) is 12.6. The summed E-state index contributed by atoms with van der Waals surface area (Å²) >= 11 is 0. The maximum atomic E-state index is 12.9. The lowest BCUT2D eigenvalue weighted by atomic mass is 10.0. The van der Waals surface area contributed by atoms with Crippen LogP contribution in [-0.4, -0.2) is 37.2 Å². The van der Waals surface area contributed by atoms with Gasteiger partial charge in [-0.25, -0.2) is 0 Å². The minimum Gasteiger partial charge on any atom is -0.462 e. The van der Waals surface area contributed by atoms with Gasteiger partial charge in [0.2, 0.25) is 0 Å². The second-order valence-corrected chi connectivity index (χ2v) is 21.3. The Balaban J connectivity index is 4.21. The minimum absolute atomic E-state index is 0.0761. The first-order chi connectivity index (χ1) is 37.0. The lowest BCUT2D eigenvalue weighted by Crippen LogP contribution is -2.30. The third kappa shape index (κ3) is 61.3. The molecule has 75 heavy (non-hydrogen) atoms. The van der Waals surface area contributed by atoms with E-state index in [2.05, 4.69) is 106 Å². The maximum absolute atomic E-state index is 12.9. The standard InChI is InChI=1S/C69H120O6/c1-4-7-10-13-16-19-22-24-26-28-29-30-31-32-33-34-35-36-37-38-39-41-42-44-47-50-53-56-59-62-68(71)74-65-66(64-73-67(70)61-58-55-52-49-46-21-18-15-12-9-6-3)75-69(72)63-60-57-54-51-48-45-43-40-27-25-23-20-17-14-11-8-5-2/h7,10,16-17,19-20,24-27,29-30,32-33,66H,4-6,8-9,11-15,18,21-23,28,31,34-65H2,1-3H3/b10-7-,19-16-,20-17-,26-24-,27-25-,30-29-,33-32-. The Kier molecular flexibility index (Phi) is 60.3. The van der Waals surface area contributed by atoms with Gasteiger partial charge in [-0.3, -0.25) is 14.4 Å². The van der Waals surface area contributed by atoms with Crippen molar-refractivity contribution in [3.8, 4) is 0 Å². The molecule has 0 saturated carbocycles. The summed E-state index contributed by atoms with van der Waals surface area (Å²) in [5.41, 5.74) is 0. The second-order valence-electron chi connectivity index (χ2n) is 21.3. The number of esters is 3. The van der Waals surface area contributed by atoms with E-state index in [1.54, 1.807) is 0 Å². The number of ether oxygens (including phenoxy) is 3. The van der Waals surface area contributed by atoms with Gasteiger partial charge in [-0.05, 0) is 96.3 Å². The molecule has 1 atom stereocenters. The van der Waals surface area contributed by atoms with Crippen molar-refractivity contribution in [2.75, 3.05) is 13.2 Å². The number of hydrogen-bond acceptors (Lipinski definition) is 6. The zero-order valence-electron chi connectivity index (χ0n) is 49.6. The van der Waals surface area contributed by atoms with Gasteiger partial charge in [-0.15, -0.1) is 0 Å². The lowest BCUT2D eigenvalue weighted by Gasteiger charge is -2.18. The van der Waals surface area contributed by atoms with E-state index in [4.69, 9.17) is 14.2 Å². The molecule has 0 aromatic rings. The van der Waals surface area contributed by atoms with Crippen LogP contribution in [0.4, 0.5) is 0 Å². The van der Waals surface area contributed by atoms with Crippen LogP contribution in [0.25, 0.3) is 0 Å². The number of allylic oxidation sites excluding steroid dienone is 14. The highest BCUT2D eigenvalue weighted by atomic mass is 16.6. The van der Waals surface area contributed by atoms with E-state index >= 15 is 0 Å². The third-order valence-electron chi connectivity index (χ3n) is 13.9. The fourth-order valence-corrected chi connectivity index (χ4v) is 9.09. The molecule has 0 aromatic heterocycles. The summed E-state index contributed by atoms with van der Waals surface area (Å²) in [5.74, 6) is -0.873. The monoisotopic (exact) mass is 1040 g/mol. The van der Waals surface area contributed by atoms with E-state index in [-0.39, 0.29) is 31.1 Å². The van der Waals surface area contributed by atoms with Crippen molar-refractivity contribution in [1.29, 1.82) is 0 Å². The number of hydrogen-bond donors (Lipinski definition) is 0. The Bertz CT molecular complexity index is 1430. The first-order valence-electron chi connectivity index (χ1n) is 32.1. The first kappa shape index (κ1) is 71.6. The summed E-state index contributed by atoms with van der Waals surface area (Å²) in [4.78, 5) is 38.2. The Morgan fingerprint density at radius 3 is 0.840 bits per heavy atom. The van der Waals surface area contributed by atoms with Crippen LogP contribution in [0.2, 0.25) is 0 Å². The van der Waals surface area contributed by atoms with Gasteiger partial charge in [-0.2, -0.15) is 0 Å². The van der Waals surface area contributed by atoms with Crippen molar-refractivity contribution in [3.63, 3.8) is 0 Å². The average Bonchev–Trinajstić information content (AvgIpc) is 3.41. The van der Waals surface area contributed by atoms with Gasteiger partial charge in [0, 0.05) is 19.3 Å². The van der Waals surface area contributed by atoms with Gasteiger partial charge < -0.3 is 14.2 Å². The van der Waals surface area contributed by atoms with Crippen molar-refractivity contribution in [2.45, 2.75) is 322 Å². The quantitative estimate of drug-likeness (QED) is 0.0261. The lowest BCUT2D eigenvalue weighted by molar-refractivity contribution is -0.167. The SMILES string of the molecule is CC/C=C\C/C=C\C/C=C\C/C=C\C/C=C\CCCCCCCCCCCCCCCC(=O)OCC(COC(=O)CCCCCCCCCCCCC)OC(=O)CCCCCCCCC/C=C\C/C=C\CCCCC. The Morgan fingerprint density at radius 2 is 0.520 bits per heavy atom. The molecule has 0 spiro atoms. The Morgan fingerprint density at radius 1 is 0.280 bits per heavy atom. The molecule has 0 N–H and O–H groups in total. The highest BCUT2D eigenvalue weighted by molar-refractivity contribution is 5.71. The molecular weight excluding hydrogens is 925 g/mol. The van der Waals surface area contributed by atoms with Crippen LogP contribution in [0, 0.1) is 0 Å². The molecule has 0 amide bonds. The summed E-state index contributed by atoms with van der Waals surface area (Å²) in [5, 5.41) is 0. The summed E-state index contributed by atoms with van der Waals surface area (Å²) < 4.78 is 16.9. The first-order valence-corrected chi connectivity index (χ1v) is 32.1. The van der Waals surface area contributed by atoms with Crippen LogP contribution >= 0.6 is 0 Å². The van der Waals surface area contributed by atoms with Gasteiger partial charge in [-0.1, -0.05) is 286 Å². The van der Waals surface area contributed by atoms with Gasteiger partial charge in [0.05, 0.1) is 0 Å². The van der Waals surface area contributed by atoms with Gasteiger partial charge >= 0.3 is 17.9 Å². The van der Waals surface area contributed by atoms with E-state index in [0.29, 0.717) is 19.3 Å². The predicted molar refractivity (Wildman–Crippen MR) is 325 cm³/mol. The fraction of sp³-hybridized carbons (Fsp3) is 0.754. The molecule has 0 heterocycles. The molecule has 6 nitrogen and oxygen atoms in total. The van der Waals surface area contributed by atoms with Crippen LogP contribution < -0.4 is 0 Å². The van der Waals surface area contributed by atoms with E-state index < -0.39 is 6.10 Å². The molecule has 0 radical (unpaired) electrons. The number of carbonyl (C=O) groups excluding carboxylic acids is 3. The van der Waals surface area contributed by atoms with Crippen molar-refractivity contribution in [2.24, 2.45) is 0 Å². The Hall–Kier alpha value is -3.41. The average molecular weight is 1050 g/mol. The summed E-state index contributed by atoms with van der Waals surface area (Å²) in [6.45, 7) is 6.52. The van der Waals surface area contributed by atoms with E-state index in [0.717, 1.165) is 103 Å². The van der Waals surface area contributed by atoms with E-state index in [1.165, 1.54) is 173 Å². The topological polar surface area (TPSA) is 78.9 Å². The molecule has 0 aromatic carbocycles.